The van der Waals surface area contributed by atoms with Gasteiger partial charge in [-0.3, -0.25) is 4.79 Å². The molecular weight excluding hydrogens is 302 g/mol. The second-order valence-corrected chi connectivity index (χ2v) is 6.94. The quantitative estimate of drug-likeness (QED) is 0.747. The Morgan fingerprint density at radius 3 is 1.70 bits per heavy atom. The molecule has 116 valence electrons. The Kier molecular flexibility index (Phi) is 4.30. The summed E-state index contributed by atoms with van der Waals surface area (Å²) in [5.74, 6) is -0.248. The first kappa shape index (κ1) is 15.5. The molecule has 0 bridgehead atoms. The highest BCUT2D eigenvalue weighted by Crippen LogP contribution is 2.36. The average molecular weight is 321 g/mol. The molecule has 3 aromatic rings. The third-order valence-corrected chi connectivity index (χ3v) is 5.14. The van der Waals surface area contributed by atoms with Gasteiger partial charge in [-0.05, 0) is 37.1 Å². The molecule has 1 amide bonds. The van der Waals surface area contributed by atoms with E-state index >= 15 is 0 Å². The third kappa shape index (κ3) is 3.35. The van der Waals surface area contributed by atoms with Crippen molar-refractivity contribution in [2.75, 3.05) is 0 Å². The van der Waals surface area contributed by atoms with Gasteiger partial charge < -0.3 is 5.73 Å². The van der Waals surface area contributed by atoms with Gasteiger partial charge in [-0.2, -0.15) is 0 Å². The van der Waals surface area contributed by atoms with Crippen molar-refractivity contribution in [3.63, 3.8) is 0 Å². The topological polar surface area (TPSA) is 43.1 Å². The molecule has 0 spiro atoms. The lowest BCUT2D eigenvalue weighted by atomic mass is 9.89. The number of hydrogen-bond acceptors (Lipinski definition) is 2. The van der Waals surface area contributed by atoms with E-state index in [9.17, 15) is 4.79 Å². The standard InChI is InChI=1S/C20H19NOS/c1-13-3-7-15(8-4-13)19(16-9-5-14(2)6-10-16)17-11-12-18(23-17)20(21)22/h3-12,19H,1-2H3,(H2,21,22). The van der Waals surface area contributed by atoms with Crippen molar-refractivity contribution < 1.29 is 4.79 Å². The SMILES string of the molecule is Cc1ccc(C(c2ccc(C)cc2)c2ccc(C(N)=O)s2)cc1. The van der Waals surface area contributed by atoms with Crippen LogP contribution in [0.3, 0.4) is 0 Å². The molecular formula is C20H19NOS. The van der Waals surface area contributed by atoms with Gasteiger partial charge in [0.1, 0.15) is 0 Å². The van der Waals surface area contributed by atoms with Gasteiger partial charge in [0.2, 0.25) is 0 Å². The lowest BCUT2D eigenvalue weighted by Gasteiger charge is -2.17. The predicted octanol–water partition coefficient (Wildman–Crippen LogP) is 4.64. The van der Waals surface area contributed by atoms with Crippen molar-refractivity contribution in [3.8, 4) is 0 Å². The number of carbonyl (C=O) groups is 1. The van der Waals surface area contributed by atoms with Crippen LogP contribution in [-0.2, 0) is 0 Å². The first-order valence-electron chi connectivity index (χ1n) is 7.57. The summed E-state index contributed by atoms with van der Waals surface area (Å²) in [4.78, 5) is 13.2. The molecule has 2 aromatic carbocycles. The summed E-state index contributed by atoms with van der Waals surface area (Å²) in [5.41, 5.74) is 10.3. The number of aryl methyl sites for hydroxylation is 2. The fourth-order valence-electron chi connectivity index (χ4n) is 2.68. The molecule has 0 saturated carbocycles. The van der Waals surface area contributed by atoms with E-state index in [0.717, 1.165) is 4.88 Å². The lowest BCUT2D eigenvalue weighted by molar-refractivity contribution is 0.100. The predicted molar refractivity (Wildman–Crippen MR) is 96.1 cm³/mol. The van der Waals surface area contributed by atoms with Gasteiger partial charge in [0.25, 0.3) is 5.91 Å². The van der Waals surface area contributed by atoms with Crippen molar-refractivity contribution in [2.45, 2.75) is 19.8 Å². The number of benzene rings is 2. The number of carbonyl (C=O) groups excluding carboxylic acids is 1. The van der Waals surface area contributed by atoms with Crippen LogP contribution in [0, 0.1) is 13.8 Å². The van der Waals surface area contributed by atoms with Gasteiger partial charge in [-0.25, -0.2) is 0 Å². The number of rotatable bonds is 4. The number of thiophene rings is 1. The Hall–Kier alpha value is -2.39. The smallest absolute Gasteiger partial charge is 0.258 e. The van der Waals surface area contributed by atoms with Crippen molar-refractivity contribution in [3.05, 3.63) is 92.7 Å². The minimum absolute atomic E-state index is 0.120. The highest BCUT2D eigenvalue weighted by atomic mass is 32.1. The molecule has 23 heavy (non-hydrogen) atoms. The molecule has 3 rings (SSSR count). The Morgan fingerprint density at radius 2 is 1.30 bits per heavy atom. The van der Waals surface area contributed by atoms with E-state index < -0.39 is 0 Å². The minimum atomic E-state index is -0.368. The first-order valence-corrected chi connectivity index (χ1v) is 8.39. The lowest BCUT2D eigenvalue weighted by Crippen LogP contribution is -2.08. The zero-order valence-electron chi connectivity index (χ0n) is 13.2. The van der Waals surface area contributed by atoms with Crippen LogP contribution >= 0.6 is 11.3 Å². The summed E-state index contributed by atoms with van der Waals surface area (Å²) in [6, 6.07) is 20.9. The molecule has 3 heteroatoms. The van der Waals surface area contributed by atoms with E-state index in [-0.39, 0.29) is 11.8 Å². The fourth-order valence-corrected chi connectivity index (χ4v) is 3.70. The van der Waals surface area contributed by atoms with Crippen LogP contribution < -0.4 is 5.73 Å². The van der Waals surface area contributed by atoms with E-state index in [1.54, 1.807) is 0 Å². The number of primary amides is 1. The summed E-state index contributed by atoms with van der Waals surface area (Å²) in [7, 11) is 0. The number of hydrogen-bond donors (Lipinski definition) is 1. The highest BCUT2D eigenvalue weighted by molar-refractivity contribution is 7.14. The molecule has 2 nitrogen and oxygen atoms in total. The molecule has 2 N–H and O–H groups in total. The largest absolute Gasteiger partial charge is 0.365 e. The van der Waals surface area contributed by atoms with Crippen molar-refractivity contribution in [1.29, 1.82) is 0 Å². The summed E-state index contributed by atoms with van der Waals surface area (Å²) in [6.07, 6.45) is 0. The zero-order valence-corrected chi connectivity index (χ0v) is 14.1. The molecule has 0 fully saturated rings. The van der Waals surface area contributed by atoms with E-state index in [1.165, 1.54) is 33.6 Å². The molecule has 0 radical (unpaired) electrons. The monoisotopic (exact) mass is 321 g/mol. The third-order valence-electron chi connectivity index (χ3n) is 3.98. The zero-order chi connectivity index (χ0) is 16.4. The maximum Gasteiger partial charge on any atom is 0.258 e. The van der Waals surface area contributed by atoms with Crippen LogP contribution in [0.2, 0.25) is 0 Å². The molecule has 0 aliphatic heterocycles. The van der Waals surface area contributed by atoms with E-state index in [2.05, 4.69) is 62.4 Å². The minimum Gasteiger partial charge on any atom is -0.365 e. The summed E-state index contributed by atoms with van der Waals surface area (Å²) >= 11 is 1.47. The van der Waals surface area contributed by atoms with Gasteiger partial charge in [0, 0.05) is 10.8 Å². The van der Waals surface area contributed by atoms with Crippen molar-refractivity contribution in [1.82, 2.24) is 0 Å². The molecule has 0 atom stereocenters. The van der Waals surface area contributed by atoms with E-state index in [4.69, 9.17) is 5.73 Å². The second-order valence-electron chi connectivity index (χ2n) is 5.82. The van der Waals surface area contributed by atoms with Crippen LogP contribution in [0.4, 0.5) is 0 Å². The highest BCUT2D eigenvalue weighted by Gasteiger charge is 2.19. The number of nitrogens with two attached hydrogens (primary N) is 1. The average Bonchev–Trinajstić information content (AvgIpc) is 3.01. The van der Waals surface area contributed by atoms with E-state index in [0.29, 0.717) is 4.88 Å². The van der Waals surface area contributed by atoms with E-state index in [1.807, 2.05) is 12.1 Å². The van der Waals surface area contributed by atoms with Crippen LogP contribution in [0.1, 0.15) is 42.7 Å². The Bertz CT molecular complexity index is 770. The summed E-state index contributed by atoms with van der Waals surface area (Å²) in [6.45, 7) is 4.17. The van der Waals surface area contributed by atoms with Crippen LogP contribution in [0.25, 0.3) is 0 Å². The number of amides is 1. The van der Waals surface area contributed by atoms with Crippen LogP contribution in [0.15, 0.2) is 60.7 Å². The normalized spacial score (nSPS) is 10.9. The van der Waals surface area contributed by atoms with Gasteiger partial charge in [0.05, 0.1) is 4.88 Å². The summed E-state index contributed by atoms with van der Waals surface area (Å²) in [5, 5.41) is 0. The molecule has 1 aromatic heterocycles. The molecule has 0 unspecified atom stereocenters. The molecule has 0 aliphatic rings. The molecule has 1 heterocycles. The van der Waals surface area contributed by atoms with Crippen molar-refractivity contribution in [2.24, 2.45) is 5.73 Å². The maximum atomic E-state index is 11.4. The van der Waals surface area contributed by atoms with Crippen LogP contribution in [0.5, 0.6) is 0 Å². The fraction of sp³-hybridized carbons (Fsp3) is 0.150. The van der Waals surface area contributed by atoms with Gasteiger partial charge in [-0.1, -0.05) is 59.7 Å². The van der Waals surface area contributed by atoms with Gasteiger partial charge in [0.15, 0.2) is 0 Å². The molecule has 0 aliphatic carbocycles. The summed E-state index contributed by atoms with van der Waals surface area (Å²) < 4.78 is 0. The van der Waals surface area contributed by atoms with Crippen molar-refractivity contribution >= 4 is 17.2 Å². The Morgan fingerprint density at radius 1 is 0.826 bits per heavy atom. The first-order chi connectivity index (χ1) is 11.0. The molecule has 0 saturated heterocycles. The van der Waals surface area contributed by atoms with Gasteiger partial charge >= 0.3 is 0 Å². The Labute approximate surface area is 140 Å². The maximum absolute atomic E-state index is 11.4. The van der Waals surface area contributed by atoms with Gasteiger partial charge in [-0.15, -0.1) is 11.3 Å². The Balaban J connectivity index is 2.10. The van der Waals surface area contributed by atoms with Crippen LogP contribution in [-0.4, -0.2) is 5.91 Å². The second kappa shape index (κ2) is 6.39.